The molecule has 4 rings (SSSR count). The number of nitrogens with zero attached hydrogens (tertiary/aromatic N) is 3. The number of hydrogen-bond donors (Lipinski definition) is 1. The van der Waals surface area contributed by atoms with Gasteiger partial charge in [-0.25, -0.2) is 8.42 Å². The number of benzene rings is 1. The Hall–Kier alpha value is -2.98. The number of methoxy groups -OCH3 is 2. The molecule has 188 valence electrons. The quantitative estimate of drug-likeness (QED) is 0.492. The van der Waals surface area contributed by atoms with E-state index in [0.29, 0.717) is 37.1 Å². The number of ether oxygens (including phenoxy) is 2. The molecule has 2 aromatic rings. The lowest BCUT2D eigenvalue weighted by molar-refractivity contribution is -0.121. The number of hydrogen-bond acceptors (Lipinski definition) is 7. The van der Waals surface area contributed by atoms with Crippen molar-refractivity contribution in [1.82, 2.24) is 14.6 Å². The fourth-order valence-electron chi connectivity index (χ4n) is 4.58. The minimum atomic E-state index is -3.58. The van der Waals surface area contributed by atoms with Crippen molar-refractivity contribution in [3.8, 4) is 11.5 Å². The van der Waals surface area contributed by atoms with Crippen molar-refractivity contribution in [2.45, 2.75) is 43.0 Å². The number of sulfonamides is 1. The van der Waals surface area contributed by atoms with E-state index in [-0.39, 0.29) is 10.8 Å². The van der Waals surface area contributed by atoms with E-state index in [1.807, 2.05) is 12.1 Å². The third kappa shape index (κ3) is 5.82. The highest BCUT2D eigenvalue weighted by atomic mass is 32.2. The second-order valence-electron chi connectivity index (χ2n) is 8.83. The van der Waals surface area contributed by atoms with Gasteiger partial charge in [0.15, 0.2) is 11.5 Å². The average Bonchev–Trinajstić information content (AvgIpc) is 3.33. The van der Waals surface area contributed by atoms with Crippen molar-refractivity contribution in [1.29, 1.82) is 0 Å². The number of nitrogens with one attached hydrogen (secondary N) is 1. The van der Waals surface area contributed by atoms with Crippen molar-refractivity contribution in [2.24, 2.45) is 10.9 Å². The van der Waals surface area contributed by atoms with E-state index in [1.54, 1.807) is 28.8 Å². The van der Waals surface area contributed by atoms with Crippen LogP contribution >= 0.6 is 0 Å². The largest absolute Gasteiger partial charge is 0.493 e. The molecule has 0 spiro atoms. The maximum atomic E-state index is 13.1. The lowest BCUT2D eigenvalue weighted by Crippen LogP contribution is -2.38. The number of rotatable bonds is 10. The van der Waals surface area contributed by atoms with Gasteiger partial charge in [0, 0.05) is 43.3 Å². The zero-order chi connectivity index (χ0) is 24.8. The van der Waals surface area contributed by atoms with E-state index in [9.17, 15) is 13.2 Å². The summed E-state index contributed by atoms with van der Waals surface area (Å²) in [5, 5.41) is 4.67. The molecule has 35 heavy (non-hydrogen) atoms. The highest BCUT2D eigenvalue weighted by Crippen LogP contribution is 2.32. The Labute approximate surface area is 205 Å². The molecule has 0 bridgehead atoms. The summed E-state index contributed by atoms with van der Waals surface area (Å²) in [4.78, 5) is 21.1. The minimum Gasteiger partial charge on any atom is -0.493 e. The molecule has 1 saturated heterocycles. The van der Waals surface area contributed by atoms with Gasteiger partial charge in [-0.15, -0.1) is 0 Å². The first-order valence-corrected chi connectivity index (χ1v) is 13.4. The van der Waals surface area contributed by atoms with Crippen molar-refractivity contribution in [3.05, 3.63) is 47.2 Å². The Bertz CT molecular complexity index is 1240. The fraction of sp³-hybridized carbons (Fsp3) is 0.480. The predicted octanol–water partition coefficient (Wildman–Crippen LogP) is 1.27. The number of piperidine rings is 1. The number of carbonyl (C=O) groups excluding carboxylic acids is 1. The number of carbonyl (C=O) groups is 1. The smallest absolute Gasteiger partial charge is 0.248 e. The van der Waals surface area contributed by atoms with Crippen LogP contribution in [-0.4, -0.2) is 63.5 Å². The molecular formula is C25H32N4O5S. The van der Waals surface area contributed by atoms with Gasteiger partial charge < -0.3 is 14.8 Å². The molecule has 10 heteroatoms. The van der Waals surface area contributed by atoms with Gasteiger partial charge in [-0.05, 0) is 49.5 Å². The first-order valence-electron chi connectivity index (χ1n) is 11.9. The summed E-state index contributed by atoms with van der Waals surface area (Å²) in [7, 11) is -0.565. The molecule has 2 aliphatic rings. The summed E-state index contributed by atoms with van der Waals surface area (Å²) < 4.78 is 38.2. The van der Waals surface area contributed by atoms with Crippen LogP contribution in [0.5, 0.6) is 11.5 Å². The maximum Gasteiger partial charge on any atom is 0.248 e. The van der Waals surface area contributed by atoms with E-state index in [0.717, 1.165) is 42.7 Å². The van der Waals surface area contributed by atoms with Crippen LogP contribution in [0.2, 0.25) is 0 Å². The minimum absolute atomic E-state index is 0.0881. The topological polar surface area (TPSA) is 110 Å². The lowest BCUT2D eigenvalue weighted by atomic mass is 9.92. The Kier molecular flexibility index (Phi) is 8.02. The summed E-state index contributed by atoms with van der Waals surface area (Å²) in [6, 6.07) is 6.02. The molecule has 1 aromatic carbocycles. The second-order valence-corrected chi connectivity index (χ2v) is 10.8. The Balaban J connectivity index is 1.18. The summed E-state index contributed by atoms with van der Waals surface area (Å²) >= 11 is 0. The van der Waals surface area contributed by atoms with Gasteiger partial charge >= 0.3 is 0 Å². The van der Waals surface area contributed by atoms with Gasteiger partial charge in [0.05, 0.1) is 24.5 Å². The number of unbranched alkanes of at least 4 members (excludes halogenated alkanes) is 1. The van der Waals surface area contributed by atoms with Crippen LogP contribution in [0.25, 0.3) is 6.08 Å². The molecule has 0 aliphatic carbocycles. The zero-order valence-electron chi connectivity index (χ0n) is 20.1. The van der Waals surface area contributed by atoms with Gasteiger partial charge in [-0.3, -0.25) is 14.8 Å². The Morgan fingerprint density at radius 1 is 1.11 bits per heavy atom. The Morgan fingerprint density at radius 3 is 2.60 bits per heavy atom. The van der Waals surface area contributed by atoms with Crippen LogP contribution in [0.3, 0.4) is 0 Å². The van der Waals surface area contributed by atoms with Gasteiger partial charge in [0.1, 0.15) is 6.04 Å². The van der Waals surface area contributed by atoms with Crippen molar-refractivity contribution in [2.75, 3.05) is 33.9 Å². The van der Waals surface area contributed by atoms with Crippen LogP contribution in [0.4, 0.5) is 0 Å². The van der Waals surface area contributed by atoms with Crippen LogP contribution in [0.1, 0.15) is 32.1 Å². The zero-order valence-corrected chi connectivity index (χ0v) is 21.0. The first-order chi connectivity index (χ1) is 16.9. The molecular weight excluding hydrogens is 468 g/mol. The molecule has 1 unspecified atom stereocenters. The monoisotopic (exact) mass is 500 g/mol. The van der Waals surface area contributed by atoms with Crippen molar-refractivity contribution in [3.63, 3.8) is 0 Å². The summed E-state index contributed by atoms with van der Waals surface area (Å²) in [5.41, 5.74) is 0. The standard InChI is InChI=1S/C25H32N4O5S/c1-33-23-7-6-20(16-24(23)34-2)35(31,32)29-13-9-18(10-14-29)5-3-4-11-27-25(30)22-15-19-17-26-12-8-21(19)28-22/h6-8,12,15-18,22H,3-5,9-11,13-14H2,1-2H3,(H,27,30). The predicted molar refractivity (Wildman–Crippen MR) is 131 cm³/mol. The molecule has 1 amide bonds. The van der Waals surface area contributed by atoms with E-state index in [2.05, 4.69) is 15.3 Å². The molecule has 2 aliphatic heterocycles. The normalized spacial score (nSPS) is 18.3. The third-order valence-electron chi connectivity index (χ3n) is 6.62. The molecule has 9 nitrogen and oxygen atoms in total. The summed E-state index contributed by atoms with van der Waals surface area (Å²) in [5.74, 6) is 1.30. The summed E-state index contributed by atoms with van der Waals surface area (Å²) in [6.07, 6.45) is 9.80. The number of amides is 1. The average molecular weight is 501 g/mol. The fourth-order valence-corrected chi connectivity index (χ4v) is 6.06. The lowest BCUT2D eigenvalue weighted by Gasteiger charge is -2.31. The van der Waals surface area contributed by atoms with E-state index in [4.69, 9.17) is 9.47 Å². The Morgan fingerprint density at radius 2 is 1.89 bits per heavy atom. The van der Waals surface area contributed by atoms with E-state index < -0.39 is 16.1 Å². The molecule has 1 atom stereocenters. The second kappa shape index (κ2) is 11.2. The highest BCUT2D eigenvalue weighted by molar-refractivity contribution is 7.89. The highest BCUT2D eigenvalue weighted by Gasteiger charge is 2.30. The molecule has 1 N–H and O–H groups in total. The molecule has 3 heterocycles. The molecule has 1 aromatic heterocycles. The van der Waals surface area contributed by atoms with Crippen LogP contribution in [0, 0.1) is 5.92 Å². The van der Waals surface area contributed by atoms with Crippen molar-refractivity contribution >= 4 is 22.0 Å². The molecule has 1 fully saturated rings. The third-order valence-corrected chi connectivity index (χ3v) is 8.51. The van der Waals surface area contributed by atoms with E-state index >= 15 is 0 Å². The maximum absolute atomic E-state index is 13.1. The van der Waals surface area contributed by atoms with Crippen LogP contribution in [0.15, 0.2) is 46.5 Å². The summed E-state index contributed by atoms with van der Waals surface area (Å²) in [6.45, 7) is 1.62. The molecule has 0 radical (unpaired) electrons. The van der Waals surface area contributed by atoms with E-state index in [1.165, 1.54) is 20.3 Å². The number of fused-ring (bicyclic) bond motifs is 1. The number of pyridine rings is 1. The van der Waals surface area contributed by atoms with Crippen LogP contribution in [-0.2, 0) is 14.8 Å². The first kappa shape index (κ1) is 25.1. The number of aromatic nitrogens is 1. The molecule has 0 saturated carbocycles. The van der Waals surface area contributed by atoms with Gasteiger partial charge in [0.25, 0.3) is 0 Å². The van der Waals surface area contributed by atoms with Gasteiger partial charge in [-0.1, -0.05) is 12.8 Å². The van der Waals surface area contributed by atoms with Crippen molar-refractivity contribution < 1.29 is 22.7 Å². The SMILES string of the molecule is COc1ccc(S(=O)(=O)N2CCC(CCCCNC(=O)C3C=c4cnccc4=N3)CC2)cc1OC. The van der Waals surface area contributed by atoms with Crippen LogP contribution < -0.4 is 25.4 Å². The van der Waals surface area contributed by atoms with Gasteiger partial charge in [-0.2, -0.15) is 4.31 Å². The van der Waals surface area contributed by atoms with Gasteiger partial charge in [0.2, 0.25) is 15.9 Å².